The van der Waals surface area contributed by atoms with Gasteiger partial charge in [0.2, 0.25) is 0 Å². The molecule has 1 saturated heterocycles. The Bertz CT molecular complexity index is 1050. The summed E-state index contributed by atoms with van der Waals surface area (Å²) in [5, 5.41) is 0. The topological polar surface area (TPSA) is 94.9 Å². The molecule has 1 N–H and O–H groups in total. The maximum Gasteiger partial charge on any atom is 0.341 e. The number of ether oxygens (including phenoxy) is 3. The fraction of sp³-hybridized carbons (Fsp3) is 0.389. The molecule has 0 atom stereocenters. The van der Waals surface area contributed by atoms with Gasteiger partial charge >= 0.3 is 5.97 Å². The molecule has 0 bridgehead atoms. The summed E-state index contributed by atoms with van der Waals surface area (Å²) in [5.74, 6) is 0.888. The lowest BCUT2D eigenvalue weighted by Crippen LogP contribution is -2.18. The van der Waals surface area contributed by atoms with Gasteiger partial charge in [0, 0.05) is 25.2 Å². The number of fused-ring (bicyclic) bond motifs is 3. The summed E-state index contributed by atoms with van der Waals surface area (Å²) >= 11 is 0. The fourth-order valence-electron chi connectivity index (χ4n) is 3.50. The van der Waals surface area contributed by atoms with E-state index in [0.717, 1.165) is 24.2 Å². The van der Waals surface area contributed by atoms with Crippen molar-refractivity contribution in [2.45, 2.75) is 18.8 Å². The van der Waals surface area contributed by atoms with Crippen LogP contribution in [-0.4, -0.2) is 47.8 Å². The molecule has 2 aromatic heterocycles. The van der Waals surface area contributed by atoms with E-state index in [4.69, 9.17) is 14.2 Å². The van der Waals surface area contributed by atoms with Crippen LogP contribution in [0.3, 0.4) is 0 Å². The Morgan fingerprint density at radius 2 is 2.04 bits per heavy atom. The van der Waals surface area contributed by atoms with Crippen molar-refractivity contribution in [2.24, 2.45) is 0 Å². The van der Waals surface area contributed by atoms with Gasteiger partial charge in [-0.1, -0.05) is 0 Å². The molecule has 8 heteroatoms. The number of imidazole rings is 1. The molecule has 1 aliphatic rings. The van der Waals surface area contributed by atoms with E-state index in [1.807, 2.05) is 4.40 Å². The number of hydrogen-bond donors (Lipinski definition) is 1. The van der Waals surface area contributed by atoms with Crippen molar-refractivity contribution in [1.29, 1.82) is 0 Å². The molecule has 0 aliphatic carbocycles. The molecule has 8 nitrogen and oxygen atoms in total. The Kier molecular flexibility index (Phi) is 4.12. The average molecular weight is 357 g/mol. The second-order valence-electron chi connectivity index (χ2n) is 6.24. The van der Waals surface area contributed by atoms with Gasteiger partial charge in [0.05, 0.1) is 31.4 Å². The van der Waals surface area contributed by atoms with Crippen LogP contribution in [0.2, 0.25) is 0 Å². The zero-order chi connectivity index (χ0) is 18.3. The van der Waals surface area contributed by atoms with Crippen molar-refractivity contribution in [2.75, 3.05) is 27.4 Å². The highest BCUT2D eigenvalue weighted by Gasteiger charge is 2.23. The summed E-state index contributed by atoms with van der Waals surface area (Å²) in [6, 6.07) is 3.31. The third kappa shape index (κ3) is 2.53. The van der Waals surface area contributed by atoms with E-state index in [9.17, 15) is 9.59 Å². The van der Waals surface area contributed by atoms with E-state index in [-0.39, 0.29) is 17.0 Å². The van der Waals surface area contributed by atoms with E-state index >= 15 is 0 Å². The van der Waals surface area contributed by atoms with Crippen molar-refractivity contribution < 1.29 is 19.0 Å². The van der Waals surface area contributed by atoms with Crippen LogP contribution in [0.15, 0.2) is 23.1 Å². The largest absolute Gasteiger partial charge is 0.496 e. The smallest absolute Gasteiger partial charge is 0.341 e. The Balaban J connectivity index is 2.02. The van der Waals surface area contributed by atoms with Crippen LogP contribution in [0.5, 0.6) is 5.75 Å². The summed E-state index contributed by atoms with van der Waals surface area (Å²) in [5.41, 5.74) is 1.71. The summed E-state index contributed by atoms with van der Waals surface area (Å²) < 4.78 is 17.5. The number of methoxy groups -OCH3 is 2. The predicted molar refractivity (Wildman–Crippen MR) is 94.0 cm³/mol. The SMILES string of the molecule is COC(=O)c1cc2[nH]c(=O)c3cnc(C4CCOCC4)n3c2cc1OC. The summed E-state index contributed by atoms with van der Waals surface area (Å²) in [4.78, 5) is 31.9. The predicted octanol–water partition coefficient (Wildman–Crippen LogP) is 1.86. The molecule has 26 heavy (non-hydrogen) atoms. The summed E-state index contributed by atoms with van der Waals surface area (Å²) in [7, 11) is 2.79. The van der Waals surface area contributed by atoms with Crippen molar-refractivity contribution in [3.05, 3.63) is 40.1 Å². The number of carbonyl (C=O) groups is 1. The van der Waals surface area contributed by atoms with Gasteiger partial charge in [-0.25, -0.2) is 9.78 Å². The number of aromatic nitrogens is 3. The van der Waals surface area contributed by atoms with Gasteiger partial charge in [-0.15, -0.1) is 0 Å². The molecule has 0 unspecified atom stereocenters. The van der Waals surface area contributed by atoms with Gasteiger partial charge < -0.3 is 19.2 Å². The maximum atomic E-state index is 12.5. The maximum absolute atomic E-state index is 12.5. The van der Waals surface area contributed by atoms with E-state index in [0.29, 0.717) is 30.0 Å². The average Bonchev–Trinajstić information content (AvgIpc) is 3.13. The van der Waals surface area contributed by atoms with Crippen molar-refractivity contribution >= 4 is 22.5 Å². The van der Waals surface area contributed by atoms with Crippen LogP contribution in [0.4, 0.5) is 0 Å². The minimum atomic E-state index is -0.528. The zero-order valence-corrected chi connectivity index (χ0v) is 14.6. The molecule has 0 saturated carbocycles. The third-order valence-corrected chi connectivity index (χ3v) is 4.82. The van der Waals surface area contributed by atoms with E-state index in [1.54, 1.807) is 18.3 Å². The minimum Gasteiger partial charge on any atom is -0.496 e. The van der Waals surface area contributed by atoms with E-state index in [2.05, 4.69) is 9.97 Å². The van der Waals surface area contributed by atoms with Gasteiger partial charge in [-0.3, -0.25) is 9.20 Å². The van der Waals surface area contributed by atoms with Gasteiger partial charge in [-0.2, -0.15) is 0 Å². The monoisotopic (exact) mass is 357 g/mol. The van der Waals surface area contributed by atoms with Crippen LogP contribution in [0.1, 0.15) is 34.9 Å². The molecular formula is C18H19N3O5. The molecule has 0 spiro atoms. The standard InChI is InChI=1S/C18H19N3O5/c1-24-15-8-13-12(7-11(15)18(23)25-2)20-17(22)14-9-19-16(21(13)14)10-3-5-26-6-4-10/h7-10H,3-6H2,1-2H3,(H,20,22). The summed E-state index contributed by atoms with van der Waals surface area (Å²) in [6.07, 6.45) is 3.29. The lowest BCUT2D eigenvalue weighted by atomic mass is 9.99. The third-order valence-electron chi connectivity index (χ3n) is 4.82. The minimum absolute atomic E-state index is 0.211. The number of hydrogen-bond acceptors (Lipinski definition) is 6. The number of aromatic amines is 1. The molecule has 1 aliphatic heterocycles. The van der Waals surface area contributed by atoms with Gasteiger partial charge in [0.15, 0.2) is 0 Å². The number of rotatable bonds is 3. The van der Waals surface area contributed by atoms with Gasteiger partial charge in [0.1, 0.15) is 22.7 Å². The van der Waals surface area contributed by atoms with Gasteiger partial charge in [0.25, 0.3) is 5.56 Å². The first-order chi connectivity index (χ1) is 12.6. The number of nitrogens with one attached hydrogen (secondary N) is 1. The van der Waals surface area contributed by atoms with E-state index in [1.165, 1.54) is 14.2 Å². The first-order valence-electron chi connectivity index (χ1n) is 8.41. The molecule has 1 fully saturated rings. The molecule has 0 radical (unpaired) electrons. The Hall–Kier alpha value is -2.87. The number of nitrogens with zero attached hydrogens (tertiary/aromatic N) is 2. The molecule has 0 amide bonds. The highest BCUT2D eigenvalue weighted by molar-refractivity contribution is 5.97. The number of H-pyrrole nitrogens is 1. The normalized spacial score (nSPS) is 15.5. The molecular weight excluding hydrogens is 338 g/mol. The number of esters is 1. The van der Waals surface area contributed by atoms with Crippen LogP contribution in [0, 0.1) is 0 Å². The molecule has 136 valence electrons. The number of benzene rings is 1. The van der Waals surface area contributed by atoms with Crippen LogP contribution < -0.4 is 10.3 Å². The van der Waals surface area contributed by atoms with E-state index < -0.39 is 5.97 Å². The Labute approximate surface area is 148 Å². The lowest BCUT2D eigenvalue weighted by Gasteiger charge is -2.21. The summed E-state index contributed by atoms with van der Waals surface area (Å²) in [6.45, 7) is 1.35. The first-order valence-corrected chi connectivity index (χ1v) is 8.41. The van der Waals surface area contributed by atoms with Crippen molar-refractivity contribution in [3.63, 3.8) is 0 Å². The molecule has 1 aromatic carbocycles. The van der Waals surface area contributed by atoms with Crippen LogP contribution in [0.25, 0.3) is 16.6 Å². The lowest BCUT2D eigenvalue weighted by molar-refractivity contribution is 0.0597. The van der Waals surface area contributed by atoms with Crippen molar-refractivity contribution in [3.8, 4) is 5.75 Å². The quantitative estimate of drug-likeness (QED) is 0.719. The van der Waals surface area contributed by atoms with Crippen LogP contribution >= 0.6 is 0 Å². The second-order valence-corrected chi connectivity index (χ2v) is 6.24. The highest BCUT2D eigenvalue weighted by atomic mass is 16.5. The van der Waals surface area contributed by atoms with Gasteiger partial charge in [-0.05, 0) is 18.9 Å². The highest BCUT2D eigenvalue weighted by Crippen LogP contribution is 2.30. The van der Waals surface area contributed by atoms with Crippen LogP contribution in [-0.2, 0) is 9.47 Å². The first kappa shape index (κ1) is 16.6. The molecule has 4 rings (SSSR count). The Morgan fingerprint density at radius 3 is 2.73 bits per heavy atom. The number of carbonyl (C=O) groups excluding carboxylic acids is 1. The molecule has 3 heterocycles. The van der Waals surface area contributed by atoms with Crippen molar-refractivity contribution in [1.82, 2.24) is 14.4 Å². The zero-order valence-electron chi connectivity index (χ0n) is 14.6. The second kappa shape index (κ2) is 6.45. The fourth-order valence-corrected chi connectivity index (χ4v) is 3.50. The Morgan fingerprint density at radius 1 is 1.27 bits per heavy atom. The molecule has 3 aromatic rings.